The van der Waals surface area contributed by atoms with E-state index in [0.29, 0.717) is 6.54 Å². The molecular formula is C11H21NO3. The summed E-state index contributed by atoms with van der Waals surface area (Å²) in [4.78, 5) is 24.1. The van der Waals surface area contributed by atoms with E-state index >= 15 is 0 Å². The molecule has 4 heteroatoms. The molecule has 0 bridgehead atoms. The number of likely N-dealkylation sites (N-methyl/N-ethyl adjacent to an activating group) is 1. The number of carbonyl (C=O) groups excluding carboxylic acids is 2. The van der Waals surface area contributed by atoms with Crippen LogP contribution in [-0.2, 0) is 14.3 Å². The van der Waals surface area contributed by atoms with Crippen LogP contribution < -0.4 is 0 Å². The van der Waals surface area contributed by atoms with E-state index in [1.165, 1.54) is 0 Å². The van der Waals surface area contributed by atoms with Crippen molar-refractivity contribution in [2.45, 2.75) is 27.7 Å². The van der Waals surface area contributed by atoms with E-state index < -0.39 is 0 Å². The Kier molecular flexibility index (Phi) is 5.97. The molecule has 0 heterocycles. The highest BCUT2D eigenvalue weighted by Crippen LogP contribution is 2.00. The van der Waals surface area contributed by atoms with Crippen LogP contribution in [0.2, 0.25) is 0 Å². The number of ether oxygens (including phenoxy) is 1. The second-order valence-corrected chi connectivity index (χ2v) is 4.24. The average molecular weight is 215 g/mol. The van der Waals surface area contributed by atoms with Crippen LogP contribution in [0.3, 0.4) is 0 Å². The lowest BCUT2D eigenvalue weighted by molar-refractivity contribution is -0.149. The Labute approximate surface area is 91.6 Å². The molecule has 0 aliphatic rings. The smallest absolute Gasteiger partial charge is 0.308 e. The summed E-state index contributed by atoms with van der Waals surface area (Å²) in [5.41, 5.74) is 0. The van der Waals surface area contributed by atoms with Gasteiger partial charge in [0.15, 0.2) is 0 Å². The lowest BCUT2D eigenvalue weighted by atomic mass is 10.2. The minimum Gasteiger partial charge on any atom is -0.464 e. The third-order valence-corrected chi connectivity index (χ3v) is 2.01. The first-order chi connectivity index (χ1) is 6.86. The van der Waals surface area contributed by atoms with Crippen molar-refractivity contribution in [3.63, 3.8) is 0 Å². The maximum atomic E-state index is 11.4. The van der Waals surface area contributed by atoms with Crippen molar-refractivity contribution in [1.29, 1.82) is 0 Å². The van der Waals surface area contributed by atoms with Crippen LogP contribution in [0.1, 0.15) is 27.7 Å². The van der Waals surface area contributed by atoms with Gasteiger partial charge in [-0.3, -0.25) is 9.59 Å². The molecule has 0 aromatic carbocycles. The lowest BCUT2D eigenvalue weighted by Gasteiger charge is -2.19. The zero-order valence-corrected chi connectivity index (χ0v) is 10.2. The molecule has 0 N–H and O–H groups in total. The number of carbonyl (C=O) groups is 2. The fourth-order valence-corrected chi connectivity index (χ4v) is 1.00. The molecule has 0 fully saturated rings. The van der Waals surface area contributed by atoms with Gasteiger partial charge >= 0.3 is 5.97 Å². The fraction of sp³-hybridized carbons (Fsp3) is 0.818. The number of esters is 1. The standard InChI is InChI=1S/C11H21NO3/c1-8(2)10(13)12(5)6-7-15-11(14)9(3)4/h8-9H,6-7H2,1-5H3. The molecule has 0 saturated heterocycles. The fourth-order valence-electron chi connectivity index (χ4n) is 1.00. The minimum absolute atomic E-state index is 0.0178. The number of rotatable bonds is 5. The molecule has 0 atom stereocenters. The summed E-state index contributed by atoms with van der Waals surface area (Å²) < 4.78 is 4.97. The summed E-state index contributed by atoms with van der Waals surface area (Å²) >= 11 is 0. The quantitative estimate of drug-likeness (QED) is 0.649. The van der Waals surface area contributed by atoms with Gasteiger partial charge in [0.1, 0.15) is 6.61 Å². The van der Waals surface area contributed by atoms with E-state index in [-0.39, 0.29) is 30.3 Å². The molecule has 4 nitrogen and oxygen atoms in total. The van der Waals surface area contributed by atoms with E-state index in [2.05, 4.69) is 0 Å². The first-order valence-corrected chi connectivity index (χ1v) is 5.27. The SMILES string of the molecule is CC(C)C(=O)OCCN(C)C(=O)C(C)C. The predicted molar refractivity (Wildman–Crippen MR) is 58.3 cm³/mol. The summed E-state index contributed by atoms with van der Waals surface area (Å²) in [6.45, 7) is 7.98. The number of hydrogen-bond donors (Lipinski definition) is 0. The molecule has 0 rings (SSSR count). The van der Waals surface area contributed by atoms with Crippen molar-refractivity contribution >= 4 is 11.9 Å². The van der Waals surface area contributed by atoms with E-state index in [1.807, 2.05) is 13.8 Å². The van der Waals surface area contributed by atoms with Crippen LogP contribution >= 0.6 is 0 Å². The lowest BCUT2D eigenvalue weighted by Crippen LogP contribution is -2.34. The Morgan fingerprint density at radius 1 is 1.13 bits per heavy atom. The van der Waals surface area contributed by atoms with Gasteiger partial charge in [-0.05, 0) is 0 Å². The van der Waals surface area contributed by atoms with Crippen molar-refractivity contribution in [2.24, 2.45) is 11.8 Å². The Morgan fingerprint density at radius 2 is 1.67 bits per heavy atom. The van der Waals surface area contributed by atoms with Crippen molar-refractivity contribution in [3.8, 4) is 0 Å². The highest BCUT2D eigenvalue weighted by molar-refractivity contribution is 5.77. The molecule has 0 aliphatic carbocycles. The number of amides is 1. The van der Waals surface area contributed by atoms with E-state index in [9.17, 15) is 9.59 Å². The predicted octanol–water partition coefficient (Wildman–Crippen LogP) is 1.30. The third-order valence-electron chi connectivity index (χ3n) is 2.01. The van der Waals surface area contributed by atoms with Gasteiger partial charge in [-0.2, -0.15) is 0 Å². The monoisotopic (exact) mass is 215 g/mol. The van der Waals surface area contributed by atoms with Gasteiger partial charge in [-0.25, -0.2) is 0 Å². The number of hydrogen-bond acceptors (Lipinski definition) is 3. The van der Waals surface area contributed by atoms with E-state index in [1.54, 1.807) is 25.8 Å². The van der Waals surface area contributed by atoms with Crippen LogP contribution in [-0.4, -0.2) is 37.0 Å². The molecule has 0 spiro atoms. The van der Waals surface area contributed by atoms with Gasteiger partial charge in [0.05, 0.1) is 12.5 Å². The highest BCUT2D eigenvalue weighted by Gasteiger charge is 2.13. The Hall–Kier alpha value is -1.06. The first-order valence-electron chi connectivity index (χ1n) is 5.27. The van der Waals surface area contributed by atoms with Gasteiger partial charge in [-0.15, -0.1) is 0 Å². The van der Waals surface area contributed by atoms with Crippen LogP contribution in [0.15, 0.2) is 0 Å². The van der Waals surface area contributed by atoms with Gasteiger partial charge in [0, 0.05) is 13.0 Å². The van der Waals surface area contributed by atoms with E-state index in [0.717, 1.165) is 0 Å². The highest BCUT2D eigenvalue weighted by atomic mass is 16.5. The molecule has 15 heavy (non-hydrogen) atoms. The normalized spacial score (nSPS) is 10.6. The van der Waals surface area contributed by atoms with Crippen LogP contribution in [0, 0.1) is 11.8 Å². The Morgan fingerprint density at radius 3 is 2.07 bits per heavy atom. The maximum absolute atomic E-state index is 11.4. The topological polar surface area (TPSA) is 46.6 Å². The largest absolute Gasteiger partial charge is 0.464 e. The molecule has 88 valence electrons. The minimum atomic E-state index is -0.222. The molecule has 0 aromatic heterocycles. The molecule has 0 unspecified atom stereocenters. The van der Waals surface area contributed by atoms with Crippen LogP contribution in [0.25, 0.3) is 0 Å². The molecule has 0 saturated carbocycles. The molecular weight excluding hydrogens is 194 g/mol. The van der Waals surface area contributed by atoms with Gasteiger partial charge in [-0.1, -0.05) is 27.7 Å². The summed E-state index contributed by atoms with van der Waals surface area (Å²) in [5, 5.41) is 0. The van der Waals surface area contributed by atoms with Crippen molar-refractivity contribution in [2.75, 3.05) is 20.2 Å². The number of nitrogens with zero attached hydrogens (tertiary/aromatic N) is 1. The van der Waals surface area contributed by atoms with Crippen molar-refractivity contribution < 1.29 is 14.3 Å². The molecule has 0 radical (unpaired) electrons. The maximum Gasteiger partial charge on any atom is 0.308 e. The van der Waals surface area contributed by atoms with Crippen LogP contribution in [0.5, 0.6) is 0 Å². The van der Waals surface area contributed by atoms with Gasteiger partial charge in [0.2, 0.25) is 5.91 Å². The molecule has 1 amide bonds. The summed E-state index contributed by atoms with van der Waals surface area (Å²) in [7, 11) is 1.71. The second-order valence-electron chi connectivity index (χ2n) is 4.24. The molecule has 0 aliphatic heterocycles. The van der Waals surface area contributed by atoms with Crippen LogP contribution in [0.4, 0.5) is 0 Å². The van der Waals surface area contributed by atoms with Crippen molar-refractivity contribution in [3.05, 3.63) is 0 Å². The summed E-state index contributed by atoms with van der Waals surface area (Å²) in [6, 6.07) is 0. The zero-order valence-electron chi connectivity index (χ0n) is 10.2. The summed E-state index contributed by atoms with van der Waals surface area (Å²) in [6.07, 6.45) is 0. The Balaban J connectivity index is 3.78. The van der Waals surface area contributed by atoms with Gasteiger partial charge in [0.25, 0.3) is 0 Å². The van der Waals surface area contributed by atoms with E-state index in [4.69, 9.17) is 4.74 Å². The third kappa shape index (κ3) is 5.40. The van der Waals surface area contributed by atoms with Crippen molar-refractivity contribution in [1.82, 2.24) is 4.90 Å². The molecule has 0 aromatic rings. The first kappa shape index (κ1) is 13.9. The Bertz CT molecular complexity index is 224. The zero-order chi connectivity index (χ0) is 12.0. The average Bonchev–Trinajstić information content (AvgIpc) is 2.15. The summed E-state index contributed by atoms with van der Waals surface area (Å²) in [5.74, 6) is -0.289. The second kappa shape index (κ2) is 6.43. The van der Waals surface area contributed by atoms with Gasteiger partial charge < -0.3 is 9.64 Å².